The maximum atomic E-state index is 10.8. The van der Waals surface area contributed by atoms with Crippen LogP contribution < -0.4 is 0 Å². The molecule has 2 aromatic rings. The van der Waals surface area contributed by atoms with Crippen molar-refractivity contribution in [2.24, 2.45) is 0 Å². The monoisotopic (exact) mass is 245 g/mol. The first-order valence-electron chi connectivity index (χ1n) is 5.62. The van der Waals surface area contributed by atoms with Crippen LogP contribution in [-0.4, -0.2) is 21.3 Å². The molecule has 18 heavy (non-hydrogen) atoms. The number of aliphatic hydroxyl groups is 1. The first-order chi connectivity index (χ1) is 8.60. The van der Waals surface area contributed by atoms with E-state index in [1.54, 1.807) is 6.07 Å². The summed E-state index contributed by atoms with van der Waals surface area (Å²) in [6.45, 7) is 0. The molecular weight excluding hydrogens is 234 g/mol. The highest BCUT2D eigenvalue weighted by Crippen LogP contribution is 2.48. The lowest BCUT2D eigenvalue weighted by molar-refractivity contribution is 0.0685. The van der Waals surface area contributed by atoms with Crippen molar-refractivity contribution in [1.82, 2.24) is 5.16 Å². The number of aromatic carboxylic acids is 1. The molecule has 1 aliphatic carbocycles. The number of rotatable bonds is 3. The largest absolute Gasteiger partial charge is 0.476 e. The van der Waals surface area contributed by atoms with Gasteiger partial charge in [-0.1, -0.05) is 29.4 Å². The standard InChI is InChI=1S/C13H11NO4/c15-12(16)10-7-11(18-14-10)8-3-1-2-4-9(8)13(17)5-6-13/h1-4,7,17H,5-6H2,(H,15,16). The topological polar surface area (TPSA) is 83.6 Å². The van der Waals surface area contributed by atoms with Crippen LogP contribution in [0.25, 0.3) is 11.3 Å². The number of hydrogen-bond acceptors (Lipinski definition) is 4. The van der Waals surface area contributed by atoms with Gasteiger partial charge < -0.3 is 14.7 Å². The van der Waals surface area contributed by atoms with E-state index in [0.717, 1.165) is 5.56 Å². The van der Waals surface area contributed by atoms with Crippen LogP contribution in [0.3, 0.4) is 0 Å². The van der Waals surface area contributed by atoms with Gasteiger partial charge in [-0.3, -0.25) is 0 Å². The van der Waals surface area contributed by atoms with Crippen molar-refractivity contribution in [2.75, 3.05) is 0 Å². The van der Waals surface area contributed by atoms with E-state index in [4.69, 9.17) is 9.63 Å². The smallest absolute Gasteiger partial charge is 0.358 e. The third-order valence-corrected chi connectivity index (χ3v) is 3.15. The molecule has 5 nitrogen and oxygen atoms in total. The summed E-state index contributed by atoms with van der Waals surface area (Å²) in [6, 6.07) is 8.63. The van der Waals surface area contributed by atoms with Gasteiger partial charge in [-0.15, -0.1) is 0 Å². The van der Waals surface area contributed by atoms with Gasteiger partial charge in [0.15, 0.2) is 11.5 Å². The molecule has 1 aromatic heterocycles. The maximum Gasteiger partial charge on any atom is 0.358 e. The normalized spacial score (nSPS) is 16.5. The van der Waals surface area contributed by atoms with Crippen LogP contribution in [-0.2, 0) is 5.60 Å². The average Bonchev–Trinajstić information content (AvgIpc) is 2.94. The van der Waals surface area contributed by atoms with Crippen molar-refractivity contribution in [3.63, 3.8) is 0 Å². The third kappa shape index (κ3) is 1.69. The van der Waals surface area contributed by atoms with Crippen molar-refractivity contribution in [3.05, 3.63) is 41.6 Å². The van der Waals surface area contributed by atoms with Crippen molar-refractivity contribution < 1.29 is 19.5 Å². The van der Waals surface area contributed by atoms with E-state index in [1.165, 1.54) is 6.07 Å². The minimum atomic E-state index is -1.13. The van der Waals surface area contributed by atoms with Gasteiger partial charge in [-0.25, -0.2) is 4.79 Å². The van der Waals surface area contributed by atoms with E-state index in [2.05, 4.69) is 5.16 Å². The highest BCUT2D eigenvalue weighted by Gasteiger charge is 2.44. The summed E-state index contributed by atoms with van der Waals surface area (Å²) in [7, 11) is 0. The van der Waals surface area contributed by atoms with Crippen LogP contribution in [0.5, 0.6) is 0 Å². The summed E-state index contributed by atoms with van der Waals surface area (Å²) in [5.74, 6) is -0.768. The van der Waals surface area contributed by atoms with Gasteiger partial charge in [-0.2, -0.15) is 0 Å². The van der Waals surface area contributed by atoms with Gasteiger partial charge in [0.25, 0.3) is 0 Å². The van der Waals surface area contributed by atoms with Gasteiger partial charge in [0.1, 0.15) is 0 Å². The molecule has 3 rings (SSSR count). The Balaban J connectivity index is 2.08. The van der Waals surface area contributed by atoms with E-state index in [1.807, 2.05) is 18.2 Å². The zero-order valence-corrected chi connectivity index (χ0v) is 9.46. The Morgan fingerprint density at radius 3 is 2.67 bits per heavy atom. The van der Waals surface area contributed by atoms with E-state index in [-0.39, 0.29) is 5.69 Å². The number of carboxylic acid groups (broad SMARTS) is 1. The molecule has 0 atom stereocenters. The second kappa shape index (κ2) is 3.68. The molecular formula is C13H11NO4. The Morgan fingerprint density at radius 1 is 1.33 bits per heavy atom. The molecule has 0 amide bonds. The minimum absolute atomic E-state index is 0.136. The molecule has 1 saturated carbocycles. The zero-order chi connectivity index (χ0) is 12.8. The summed E-state index contributed by atoms with van der Waals surface area (Å²) in [5, 5.41) is 22.5. The van der Waals surface area contributed by atoms with Crippen LogP contribution >= 0.6 is 0 Å². The van der Waals surface area contributed by atoms with E-state index >= 15 is 0 Å². The summed E-state index contributed by atoms with van der Waals surface area (Å²) < 4.78 is 5.03. The molecule has 0 aliphatic heterocycles. The second-order valence-electron chi connectivity index (χ2n) is 4.46. The molecule has 0 saturated heterocycles. The van der Waals surface area contributed by atoms with Gasteiger partial charge in [0.2, 0.25) is 0 Å². The number of aromatic nitrogens is 1. The van der Waals surface area contributed by atoms with Crippen LogP contribution in [0.4, 0.5) is 0 Å². The molecule has 1 fully saturated rings. The van der Waals surface area contributed by atoms with Gasteiger partial charge in [0.05, 0.1) is 5.60 Å². The van der Waals surface area contributed by atoms with Crippen LogP contribution in [0.2, 0.25) is 0 Å². The molecule has 1 aromatic carbocycles. The maximum absolute atomic E-state index is 10.8. The lowest BCUT2D eigenvalue weighted by Crippen LogP contribution is -2.05. The number of nitrogens with zero attached hydrogens (tertiary/aromatic N) is 1. The fourth-order valence-corrected chi connectivity index (χ4v) is 1.99. The number of benzene rings is 1. The molecule has 0 radical (unpaired) electrons. The number of carboxylic acids is 1. The number of hydrogen-bond donors (Lipinski definition) is 2. The molecule has 2 N–H and O–H groups in total. The first kappa shape index (κ1) is 11.0. The van der Waals surface area contributed by atoms with Crippen molar-refractivity contribution in [3.8, 4) is 11.3 Å². The van der Waals surface area contributed by atoms with Gasteiger partial charge in [-0.05, 0) is 18.4 Å². The quantitative estimate of drug-likeness (QED) is 0.864. The zero-order valence-electron chi connectivity index (χ0n) is 9.46. The third-order valence-electron chi connectivity index (χ3n) is 3.15. The highest BCUT2D eigenvalue weighted by molar-refractivity contribution is 5.86. The van der Waals surface area contributed by atoms with E-state index in [0.29, 0.717) is 24.2 Å². The molecule has 5 heteroatoms. The molecule has 0 bridgehead atoms. The summed E-state index contributed by atoms with van der Waals surface area (Å²) in [4.78, 5) is 10.8. The van der Waals surface area contributed by atoms with Crippen LogP contribution in [0, 0.1) is 0 Å². The average molecular weight is 245 g/mol. The lowest BCUT2D eigenvalue weighted by Gasteiger charge is -2.11. The van der Waals surface area contributed by atoms with Gasteiger partial charge in [0, 0.05) is 11.6 Å². The summed E-state index contributed by atoms with van der Waals surface area (Å²) in [6.07, 6.45) is 1.42. The fraction of sp³-hybridized carbons (Fsp3) is 0.231. The molecule has 1 aliphatic rings. The van der Waals surface area contributed by atoms with Gasteiger partial charge >= 0.3 is 5.97 Å². The predicted octanol–water partition coefficient (Wildman–Crippen LogP) is 2.02. The lowest BCUT2D eigenvalue weighted by atomic mass is 9.99. The Morgan fingerprint density at radius 2 is 2.06 bits per heavy atom. The Labute approximate surface area is 103 Å². The predicted molar refractivity (Wildman–Crippen MR) is 62.0 cm³/mol. The Hall–Kier alpha value is -2.14. The van der Waals surface area contributed by atoms with E-state index in [9.17, 15) is 9.90 Å². The van der Waals surface area contributed by atoms with E-state index < -0.39 is 11.6 Å². The summed E-state index contributed by atoms with van der Waals surface area (Å²) in [5.41, 5.74) is 0.519. The number of carbonyl (C=O) groups is 1. The SMILES string of the molecule is O=C(O)c1cc(-c2ccccc2C2(O)CC2)on1. The minimum Gasteiger partial charge on any atom is -0.476 e. The fourth-order valence-electron chi connectivity index (χ4n) is 1.99. The second-order valence-corrected chi connectivity index (χ2v) is 4.46. The highest BCUT2D eigenvalue weighted by atomic mass is 16.5. The van der Waals surface area contributed by atoms with Crippen LogP contribution in [0.15, 0.2) is 34.9 Å². The Kier molecular flexibility index (Phi) is 2.24. The van der Waals surface area contributed by atoms with Crippen molar-refractivity contribution in [1.29, 1.82) is 0 Å². The summed E-state index contributed by atoms with van der Waals surface area (Å²) >= 11 is 0. The van der Waals surface area contributed by atoms with Crippen molar-refractivity contribution >= 4 is 5.97 Å². The molecule has 92 valence electrons. The first-order valence-corrected chi connectivity index (χ1v) is 5.62. The molecule has 0 unspecified atom stereocenters. The molecule has 0 spiro atoms. The Bertz CT molecular complexity index is 613. The van der Waals surface area contributed by atoms with Crippen molar-refractivity contribution in [2.45, 2.75) is 18.4 Å². The van der Waals surface area contributed by atoms with Crippen LogP contribution in [0.1, 0.15) is 28.9 Å². The molecule has 1 heterocycles.